The Kier molecular flexibility index (Phi) is 4.27. The lowest BCUT2D eigenvalue weighted by atomic mass is 9.95. The van der Waals surface area contributed by atoms with Crippen LogP contribution in [0.25, 0.3) is 0 Å². The van der Waals surface area contributed by atoms with Gasteiger partial charge < -0.3 is 29.8 Å². The number of nitrogens with one attached hydrogen (secondary N) is 2. The minimum absolute atomic E-state index is 0.0305. The standard InChI is InChI=1S/C21H18N4O5/c26-20(27)13-3-1-2-4-14(13)24-21(28)25-8-7-15-18(23-10-22-15)19(25)12-5-6-16-17(9-12)30-11-29-16/h1-6,9-10,19H,7-8,11H2,(H,22,23)(H,24,28)(H,26,27)/t19-/m1/s1. The molecule has 0 bridgehead atoms. The summed E-state index contributed by atoms with van der Waals surface area (Å²) in [5.41, 5.74) is 2.82. The van der Waals surface area contributed by atoms with Gasteiger partial charge in [0.15, 0.2) is 11.5 Å². The summed E-state index contributed by atoms with van der Waals surface area (Å²) in [4.78, 5) is 34.0. The molecule has 0 saturated heterocycles. The van der Waals surface area contributed by atoms with Crippen molar-refractivity contribution >= 4 is 17.7 Å². The number of aromatic carboxylic acids is 1. The molecular weight excluding hydrogens is 388 g/mol. The van der Waals surface area contributed by atoms with Gasteiger partial charge in [-0.2, -0.15) is 0 Å². The number of amides is 2. The minimum atomic E-state index is -1.11. The number of para-hydroxylation sites is 1. The molecule has 0 radical (unpaired) electrons. The molecule has 3 aromatic rings. The van der Waals surface area contributed by atoms with Crippen molar-refractivity contribution in [2.75, 3.05) is 18.7 Å². The Morgan fingerprint density at radius 1 is 1.17 bits per heavy atom. The Morgan fingerprint density at radius 2 is 2.00 bits per heavy atom. The highest BCUT2D eigenvalue weighted by Gasteiger charge is 2.35. The monoisotopic (exact) mass is 406 g/mol. The van der Waals surface area contributed by atoms with Crippen LogP contribution in [0.15, 0.2) is 48.8 Å². The maximum atomic E-state index is 13.2. The highest BCUT2D eigenvalue weighted by molar-refractivity contribution is 6.00. The number of aromatic nitrogens is 2. The van der Waals surface area contributed by atoms with Crippen LogP contribution in [-0.2, 0) is 6.42 Å². The molecule has 3 heterocycles. The Balaban J connectivity index is 1.51. The quantitative estimate of drug-likeness (QED) is 0.616. The second-order valence-corrected chi connectivity index (χ2v) is 7.01. The van der Waals surface area contributed by atoms with Crippen LogP contribution in [0.5, 0.6) is 11.5 Å². The third-order valence-corrected chi connectivity index (χ3v) is 5.30. The lowest BCUT2D eigenvalue weighted by Crippen LogP contribution is -2.43. The van der Waals surface area contributed by atoms with E-state index in [2.05, 4.69) is 15.3 Å². The molecule has 0 aliphatic carbocycles. The number of fused-ring (bicyclic) bond motifs is 2. The Labute approximate surface area is 171 Å². The fraction of sp³-hybridized carbons (Fsp3) is 0.190. The Hall–Kier alpha value is -4.01. The molecule has 2 aromatic carbocycles. The number of rotatable bonds is 3. The molecule has 152 valence electrons. The molecule has 2 aliphatic rings. The predicted octanol–water partition coefficient (Wildman–Crippen LogP) is 3.02. The Morgan fingerprint density at radius 3 is 2.87 bits per heavy atom. The summed E-state index contributed by atoms with van der Waals surface area (Å²) in [6.07, 6.45) is 2.23. The Bertz CT molecular complexity index is 1140. The van der Waals surface area contributed by atoms with E-state index in [1.165, 1.54) is 6.07 Å². The summed E-state index contributed by atoms with van der Waals surface area (Å²) < 4.78 is 10.9. The second kappa shape index (κ2) is 7.11. The number of imidazole rings is 1. The molecule has 3 N–H and O–H groups in total. The molecule has 0 fully saturated rings. The zero-order chi connectivity index (χ0) is 20.7. The van der Waals surface area contributed by atoms with Gasteiger partial charge in [-0.05, 0) is 29.8 Å². The number of hydrogen-bond acceptors (Lipinski definition) is 5. The number of anilines is 1. The summed E-state index contributed by atoms with van der Waals surface area (Å²) in [6, 6.07) is 11.0. The zero-order valence-corrected chi connectivity index (χ0v) is 15.8. The van der Waals surface area contributed by atoms with Crippen LogP contribution in [0.2, 0.25) is 0 Å². The van der Waals surface area contributed by atoms with Gasteiger partial charge in [-0.15, -0.1) is 0 Å². The van der Waals surface area contributed by atoms with Crippen LogP contribution in [0, 0.1) is 0 Å². The number of carbonyl (C=O) groups excluding carboxylic acids is 1. The van der Waals surface area contributed by atoms with Crippen molar-refractivity contribution in [3.8, 4) is 11.5 Å². The van der Waals surface area contributed by atoms with Crippen LogP contribution in [0.4, 0.5) is 10.5 Å². The fourth-order valence-electron chi connectivity index (χ4n) is 3.88. The third-order valence-electron chi connectivity index (χ3n) is 5.30. The lowest BCUT2D eigenvalue weighted by Gasteiger charge is -2.35. The van der Waals surface area contributed by atoms with E-state index in [0.717, 1.165) is 17.0 Å². The number of benzene rings is 2. The van der Waals surface area contributed by atoms with Crippen molar-refractivity contribution in [1.29, 1.82) is 0 Å². The molecule has 0 saturated carbocycles. The van der Waals surface area contributed by atoms with Crippen molar-refractivity contribution in [2.45, 2.75) is 12.5 Å². The van der Waals surface area contributed by atoms with Gasteiger partial charge >= 0.3 is 12.0 Å². The summed E-state index contributed by atoms with van der Waals surface area (Å²) in [7, 11) is 0. The second-order valence-electron chi connectivity index (χ2n) is 7.01. The predicted molar refractivity (Wildman–Crippen MR) is 106 cm³/mol. The van der Waals surface area contributed by atoms with Crippen LogP contribution >= 0.6 is 0 Å². The van der Waals surface area contributed by atoms with E-state index in [0.29, 0.717) is 24.5 Å². The first-order valence-electron chi connectivity index (χ1n) is 9.43. The van der Waals surface area contributed by atoms with E-state index in [9.17, 15) is 14.7 Å². The number of nitrogens with zero attached hydrogens (tertiary/aromatic N) is 2. The van der Waals surface area contributed by atoms with E-state index in [-0.39, 0.29) is 18.0 Å². The molecule has 9 heteroatoms. The fourth-order valence-corrected chi connectivity index (χ4v) is 3.88. The van der Waals surface area contributed by atoms with Gasteiger partial charge in [-0.3, -0.25) is 0 Å². The van der Waals surface area contributed by atoms with Crippen molar-refractivity contribution in [1.82, 2.24) is 14.9 Å². The van der Waals surface area contributed by atoms with Crippen LogP contribution in [0.3, 0.4) is 0 Å². The molecule has 9 nitrogen and oxygen atoms in total. The summed E-state index contributed by atoms with van der Waals surface area (Å²) in [5.74, 6) is 0.168. The minimum Gasteiger partial charge on any atom is -0.478 e. The number of ether oxygens (including phenoxy) is 2. The number of H-pyrrole nitrogens is 1. The van der Waals surface area contributed by atoms with Gasteiger partial charge in [-0.25, -0.2) is 14.6 Å². The highest BCUT2D eigenvalue weighted by atomic mass is 16.7. The normalized spacial score (nSPS) is 16.8. The first kappa shape index (κ1) is 18.0. The van der Waals surface area contributed by atoms with Gasteiger partial charge in [0, 0.05) is 18.7 Å². The van der Waals surface area contributed by atoms with Gasteiger partial charge in [0.25, 0.3) is 0 Å². The topological polar surface area (TPSA) is 117 Å². The SMILES string of the molecule is O=C(O)c1ccccc1NC(=O)N1CCc2[nH]cnc2[C@H]1c1ccc2c(c1)OCO2. The number of carboxylic acid groups (broad SMARTS) is 1. The third kappa shape index (κ3) is 3.00. The van der Waals surface area contributed by atoms with E-state index in [1.807, 2.05) is 18.2 Å². The summed E-state index contributed by atoms with van der Waals surface area (Å²) in [5, 5.41) is 12.2. The van der Waals surface area contributed by atoms with E-state index in [4.69, 9.17) is 9.47 Å². The van der Waals surface area contributed by atoms with Crippen molar-refractivity contribution in [3.63, 3.8) is 0 Å². The molecule has 2 amide bonds. The lowest BCUT2D eigenvalue weighted by molar-refractivity contribution is 0.0698. The van der Waals surface area contributed by atoms with Crippen molar-refractivity contribution in [3.05, 3.63) is 71.3 Å². The first-order valence-corrected chi connectivity index (χ1v) is 9.43. The molecule has 2 aliphatic heterocycles. The molecule has 1 atom stereocenters. The summed E-state index contributed by atoms with van der Waals surface area (Å²) >= 11 is 0. The molecule has 0 unspecified atom stereocenters. The highest BCUT2D eigenvalue weighted by Crippen LogP contribution is 2.39. The number of aromatic amines is 1. The average Bonchev–Trinajstić information content (AvgIpc) is 3.41. The molecule has 30 heavy (non-hydrogen) atoms. The summed E-state index contributed by atoms with van der Waals surface area (Å²) in [6.45, 7) is 0.600. The average molecular weight is 406 g/mol. The van der Waals surface area contributed by atoms with Gasteiger partial charge in [0.2, 0.25) is 6.79 Å². The van der Waals surface area contributed by atoms with Crippen LogP contribution < -0.4 is 14.8 Å². The molecule has 1 aromatic heterocycles. The molecule has 5 rings (SSSR count). The van der Waals surface area contributed by atoms with E-state index in [1.54, 1.807) is 29.4 Å². The van der Waals surface area contributed by atoms with E-state index >= 15 is 0 Å². The zero-order valence-electron chi connectivity index (χ0n) is 15.8. The first-order chi connectivity index (χ1) is 14.6. The number of hydrogen-bond donors (Lipinski definition) is 3. The largest absolute Gasteiger partial charge is 0.478 e. The molecular formula is C21H18N4O5. The maximum Gasteiger partial charge on any atom is 0.337 e. The van der Waals surface area contributed by atoms with Crippen LogP contribution in [0.1, 0.15) is 33.4 Å². The van der Waals surface area contributed by atoms with Gasteiger partial charge in [0.1, 0.15) is 6.04 Å². The van der Waals surface area contributed by atoms with Gasteiger partial charge in [0.05, 0.1) is 23.3 Å². The van der Waals surface area contributed by atoms with Crippen molar-refractivity contribution < 1.29 is 24.2 Å². The van der Waals surface area contributed by atoms with Crippen LogP contribution in [-0.4, -0.2) is 45.3 Å². The van der Waals surface area contributed by atoms with Crippen molar-refractivity contribution in [2.24, 2.45) is 0 Å². The maximum absolute atomic E-state index is 13.2. The smallest absolute Gasteiger partial charge is 0.337 e. The van der Waals surface area contributed by atoms with Gasteiger partial charge in [-0.1, -0.05) is 18.2 Å². The number of carboxylic acids is 1. The number of urea groups is 1. The number of carbonyl (C=O) groups is 2. The molecule has 0 spiro atoms. The van der Waals surface area contributed by atoms with E-state index < -0.39 is 18.0 Å².